The van der Waals surface area contributed by atoms with Crippen molar-refractivity contribution < 1.29 is 10.2 Å². The van der Waals surface area contributed by atoms with Crippen LogP contribution in [0.5, 0.6) is 0 Å². The van der Waals surface area contributed by atoms with Crippen molar-refractivity contribution >= 4 is 11.0 Å². The molecule has 8 nitrogen and oxygen atoms in total. The maximum Gasteiger partial charge on any atom is 0.184 e. The van der Waals surface area contributed by atoms with Gasteiger partial charge in [0.05, 0.1) is 13.2 Å². The Morgan fingerprint density at radius 3 is 2.19 bits per heavy atom. The van der Waals surface area contributed by atoms with Crippen LogP contribution in [0.4, 0.5) is 0 Å². The van der Waals surface area contributed by atoms with Crippen LogP contribution < -0.4 is 0 Å². The van der Waals surface area contributed by atoms with E-state index in [1.54, 1.807) is 9.48 Å². The molecule has 0 aliphatic rings. The maximum atomic E-state index is 10.5. The van der Waals surface area contributed by atoms with E-state index >= 15 is 0 Å². The molecule has 2 aromatic heterocycles. The molecule has 132 valence electrons. The molecule has 2 N–H and O–H groups in total. The van der Waals surface area contributed by atoms with Gasteiger partial charge in [0.15, 0.2) is 11.6 Å². The lowest BCUT2D eigenvalue weighted by atomic mass is 10.1. The Morgan fingerprint density at radius 2 is 1.54 bits per heavy atom. The number of hydrogen-bond donors (Lipinski definition) is 2. The number of fused-ring (bicyclic) bond motifs is 1. The summed E-state index contributed by atoms with van der Waals surface area (Å²) in [5.41, 5.74) is 2.30. The van der Waals surface area contributed by atoms with E-state index in [0.717, 1.165) is 11.0 Å². The lowest BCUT2D eigenvalue weighted by molar-refractivity contribution is 0.208. The Morgan fingerprint density at radius 1 is 0.885 bits per heavy atom. The predicted molar refractivity (Wildman–Crippen MR) is 94.2 cm³/mol. The number of aliphatic hydroxyl groups is 2. The van der Waals surface area contributed by atoms with Crippen LogP contribution in [0.2, 0.25) is 0 Å². The fourth-order valence-corrected chi connectivity index (χ4v) is 2.79. The van der Waals surface area contributed by atoms with E-state index in [9.17, 15) is 10.2 Å². The first kappa shape index (κ1) is 16.4. The molecule has 0 unspecified atom stereocenters. The Kier molecular flexibility index (Phi) is 4.42. The van der Waals surface area contributed by atoms with Crippen molar-refractivity contribution in [1.82, 2.24) is 29.8 Å². The second kappa shape index (κ2) is 7.03. The standard InChI is InChI=1S/C18H18N6O2/c25-11-10-23-16(12-24-20-14-8-4-5-9-15(14)21-24)19-18(22-23)17(26)13-6-2-1-3-7-13/h1-9,17,25-26H,10-12H2/t17-/m1/s1. The molecule has 0 aliphatic carbocycles. The summed E-state index contributed by atoms with van der Waals surface area (Å²) in [4.78, 5) is 6.00. The van der Waals surface area contributed by atoms with Gasteiger partial charge in [-0.25, -0.2) is 9.67 Å². The minimum atomic E-state index is -0.931. The number of aromatic nitrogens is 6. The molecular formula is C18H18N6O2. The molecule has 1 atom stereocenters. The first-order valence-corrected chi connectivity index (χ1v) is 8.32. The lowest BCUT2D eigenvalue weighted by Crippen LogP contribution is -2.13. The van der Waals surface area contributed by atoms with Crippen LogP contribution in [0.1, 0.15) is 23.3 Å². The number of hydrogen-bond acceptors (Lipinski definition) is 6. The summed E-state index contributed by atoms with van der Waals surface area (Å²) in [5.74, 6) is 0.862. The van der Waals surface area contributed by atoms with Crippen LogP contribution in [0.25, 0.3) is 11.0 Å². The van der Waals surface area contributed by atoms with Gasteiger partial charge in [-0.1, -0.05) is 42.5 Å². The topological polar surface area (TPSA) is 102 Å². The Bertz CT molecular complexity index is 978. The molecule has 2 aromatic carbocycles. The van der Waals surface area contributed by atoms with E-state index in [4.69, 9.17) is 0 Å². The van der Waals surface area contributed by atoms with Gasteiger partial charge in [0.2, 0.25) is 0 Å². The molecule has 0 aliphatic heterocycles. The van der Waals surface area contributed by atoms with E-state index in [1.165, 1.54) is 0 Å². The fourth-order valence-electron chi connectivity index (χ4n) is 2.79. The molecule has 8 heteroatoms. The van der Waals surface area contributed by atoms with Gasteiger partial charge in [-0.05, 0) is 17.7 Å². The van der Waals surface area contributed by atoms with E-state index < -0.39 is 6.10 Å². The first-order valence-electron chi connectivity index (χ1n) is 8.32. The summed E-state index contributed by atoms with van der Waals surface area (Å²) < 4.78 is 1.58. The smallest absolute Gasteiger partial charge is 0.184 e. The quantitative estimate of drug-likeness (QED) is 0.541. The number of benzene rings is 2. The molecule has 0 radical (unpaired) electrons. The molecule has 4 rings (SSSR count). The summed E-state index contributed by atoms with van der Waals surface area (Å²) in [6.45, 7) is 0.500. The van der Waals surface area contributed by atoms with Crippen molar-refractivity contribution in [3.8, 4) is 0 Å². The normalized spacial score (nSPS) is 12.5. The van der Waals surface area contributed by atoms with Crippen molar-refractivity contribution in [2.24, 2.45) is 0 Å². The third-order valence-electron chi connectivity index (χ3n) is 4.05. The van der Waals surface area contributed by atoms with Crippen molar-refractivity contribution in [3.05, 3.63) is 71.8 Å². The van der Waals surface area contributed by atoms with Crippen LogP contribution in [-0.2, 0) is 13.1 Å². The summed E-state index contributed by atoms with van der Waals surface area (Å²) >= 11 is 0. The third kappa shape index (κ3) is 3.19. The highest BCUT2D eigenvalue weighted by atomic mass is 16.3. The monoisotopic (exact) mass is 350 g/mol. The minimum Gasteiger partial charge on any atom is -0.394 e. The number of aliphatic hydroxyl groups excluding tert-OH is 2. The average molecular weight is 350 g/mol. The van der Waals surface area contributed by atoms with Gasteiger partial charge < -0.3 is 10.2 Å². The largest absolute Gasteiger partial charge is 0.394 e. The molecule has 0 fully saturated rings. The second-order valence-corrected chi connectivity index (χ2v) is 5.87. The van der Waals surface area contributed by atoms with Crippen LogP contribution in [-0.4, -0.2) is 46.6 Å². The summed E-state index contributed by atoms with van der Waals surface area (Å²) in [6, 6.07) is 16.8. The van der Waals surface area contributed by atoms with Crippen LogP contribution in [0.3, 0.4) is 0 Å². The molecule has 2 heterocycles. The summed E-state index contributed by atoms with van der Waals surface area (Å²) in [6.07, 6.45) is -0.931. The van der Waals surface area contributed by atoms with E-state index in [2.05, 4.69) is 20.3 Å². The van der Waals surface area contributed by atoms with E-state index in [1.807, 2.05) is 54.6 Å². The molecule has 26 heavy (non-hydrogen) atoms. The molecular weight excluding hydrogens is 332 g/mol. The van der Waals surface area contributed by atoms with Gasteiger partial charge in [-0.2, -0.15) is 20.1 Å². The SMILES string of the molecule is OCCn1nc([C@H](O)c2ccccc2)nc1Cn1nc2ccccc2n1. The third-order valence-corrected chi connectivity index (χ3v) is 4.05. The van der Waals surface area contributed by atoms with Crippen LogP contribution in [0.15, 0.2) is 54.6 Å². The molecule has 0 spiro atoms. The Balaban J connectivity index is 1.65. The minimum absolute atomic E-state index is 0.0776. The van der Waals surface area contributed by atoms with Crippen molar-refractivity contribution in [3.63, 3.8) is 0 Å². The van der Waals surface area contributed by atoms with Gasteiger partial charge in [0.1, 0.15) is 23.7 Å². The van der Waals surface area contributed by atoms with Crippen molar-refractivity contribution in [1.29, 1.82) is 0 Å². The summed E-state index contributed by atoms with van der Waals surface area (Å²) in [7, 11) is 0. The fraction of sp³-hybridized carbons (Fsp3) is 0.222. The maximum absolute atomic E-state index is 10.5. The number of rotatable bonds is 6. The predicted octanol–water partition coefficient (Wildman–Crippen LogP) is 1.15. The zero-order chi connectivity index (χ0) is 17.9. The van der Waals surface area contributed by atoms with Gasteiger partial charge in [-0.3, -0.25) is 0 Å². The lowest BCUT2D eigenvalue weighted by Gasteiger charge is -2.05. The summed E-state index contributed by atoms with van der Waals surface area (Å²) in [5, 5.41) is 33.0. The van der Waals surface area contributed by atoms with Crippen LogP contribution in [0, 0.1) is 0 Å². The van der Waals surface area contributed by atoms with E-state index in [0.29, 0.717) is 17.9 Å². The molecule has 0 saturated heterocycles. The highest BCUT2D eigenvalue weighted by Gasteiger charge is 2.19. The second-order valence-electron chi connectivity index (χ2n) is 5.87. The highest BCUT2D eigenvalue weighted by molar-refractivity contribution is 5.72. The highest BCUT2D eigenvalue weighted by Crippen LogP contribution is 2.19. The van der Waals surface area contributed by atoms with Gasteiger partial charge in [0.25, 0.3) is 0 Å². The average Bonchev–Trinajstić information content (AvgIpc) is 3.26. The van der Waals surface area contributed by atoms with Gasteiger partial charge >= 0.3 is 0 Å². The number of nitrogens with zero attached hydrogens (tertiary/aromatic N) is 6. The molecule has 4 aromatic rings. The van der Waals surface area contributed by atoms with Gasteiger partial charge in [0, 0.05) is 0 Å². The molecule has 0 amide bonds. The van der Waals surface area contributed by atoms with Crippen LogP contribution >= 0.6 is 0 Å². The zero-order valence-electron chi connectivity index (χ0n) is 14.0. The van der Waals surface area contributed by atoms with E-state index in [-0.39, 0.29) is 19.0 Å². The molecule has 0 bridgehead atoms. The van der Waals surface area contributed by atoms with Crippen molar-refractivity contribution in [2.75, 3.05) is 6.61 Å². The molecule has 0 saturated carbocycles. The Labute approximate surface area is 149 Å². The zero-order valence-corrected chi connectivity index (χ0v) is 14.0. The van der Waals surface area contributed by atoms with Gasteiger partial charge in [-0.15, -0.1) is 0 Å². The first-order chi connectivity index (χ1) is 12.7. The Hall–Kier alpha value is -3.10. The van der Waals surface area contributed by atoms with Crippen molar-refractivity contribution in [2.45, 2.75) is 19.2 Å².